The Morgan fingerprint density at radius 3 is 2.32 bits per heavy atom. The van der Waals surface area contributed by atoms with Gasteiger partial charge in [-0.2, -0.15) is 0 Å². The molecule has 2 N–H and O–H groups in total. The highest BCUT2D eigenvalue weighted by Gasteiger charge is 2.11. The topological polar surface area (TPSA) is 61.5 Å². The first-order chi connectivity index (χ1) is 9.10. The maximum absolute atomic E-state index is 11.5. The van der Waals surface area contributed by atoms with Crippen molar-refractivity contribution in [3.8, 4) is 11.5 Å². The third-order valence-corrected chi connectivity index (χ3v) is 2.69. The summed E-state index contributed by atoms with van der Waals surface area (Å²) >= 11 is 0. The fraction of sp³-hybridized carbons (Fsp3) is 0.133. The molecule has 0 spiro atoms. The van der Waals surface area contributed by atoms with Crippen molar-refractivity contribution in [3.05, 3.63) is 53.6 Å². The largest absolute Gasteiger partial charge is 0.465 e. The number of aryl methyl sites for hydroxylation is 1. The lowest BCUT2D eigenvalue weighted by Crippen LogP contribution is -2.05. The Kier molecular flexibility index (Phi) is 3.71. The van der Waals surface area contributed by atoms with Gasteiger partial charge in [-0.25, -0.2) is 4.79 Å². The van der Waals surface area contributed by atoms with Crippen LogP contribution >= 0.6 is 0 Å². The number of anilines is 1. The molecule has 0 fully saturated rings. The van der Waals surface area contributed by atoms with Crippen molar-refractivity contribution in [1.82, 2.24) is 0 Å². The highest BCUT2D eigenvalue weighted by molar-refractivity contribution is 5.95. The van der Waals surface area contributed by atoms with Crippen LogP contribution in [0.5, 0.6) is 11.5 Å². The number of hydrogen-bond acceptors (Lipinski definition) is 4. The van der Waals surface area contributed by atoms with Crippen molar-refractivity contribution < 1.29 is 14.3 Å². The molecule has 2 aromatic rings. The minimum absolute atomic E-state index is 0.298. The summed E-state index contributed by atoms with van der Waals surface area (Å²) in [5.74, 6) is 0.761. The smallest absolute Gasteiger partial charge is 0.340 e. The van der Waals surface area contributed by atoms with Gasteiger partial charge >= 0.3 is 5.97 Å². The van der Waals surface area contributed by atoms with E-state index in [4.69, 9.17) is 10.5 Å². The second kappa shape index (κ2) is 5.44. The highest BCUT2D eigenvalue weighted by Crippen LogP contribution is 2.25. The van der Waals surface area contributed by atoms with Gasteiger partial charge in [0.15, 0.2) is 0 Å². The molecule has 4 heteroatoms. The molecule has 4 nitrogen and oxygen atoms in total. The quantitative estimate of drug-likeness (QED) is 0.677. The van der Waals surface area contributed by atoms with Crippen molar-refractivity contribution in [2.24, 2.45) is 0 Å². The van der Waals surface area contributed by atoms with Crippen LogP contribution in [0.25, 0.3) is 0 Å². The molecule has 0 heterocycles. The molecule has 0 aromatic heterocycles. The summed E-state index contributed by atoms with van der Waals surface area (Å²) in [5, 5.41) is 0. The zero-order valence-electron chi connectivity index (χ0n) is 10.8. The van der Waals surface area contributed by atoms with Crippen molar-refractivity contribution in [3.63, 3.8) is 0 Å². The number of hydrogen-bond donors (Lipinski definition) is 1. The molecule has 0 unspecified atom stereocenters. The van der Waals surface area contributed by atoms with E-state index in [1.165, 1.54) is 7.11 Å². The highest BCUT2D eigenvalue weighted by atomic mass is 16.5. The van der Waals surface area contributed by atoms with Gasteiger partial charge in [0.1, 0.15) is 11.5 Å². The van der Waals surface area contributed by atoms with Gasteiger partial charge in [0.2, 0.25) is 0 Å². The zero-order chi connectivity index (χ0) is 13.8. The van der Waals surface area contributed by atoms with Gasteiger partial charge in [0.25, 0.3) is 0 Å². The Morgan fingerprint density at radius 2 is 1.68 bits per heavy atom. The third kappa shape index (κ3) is 3.04. The first-order valence-corrected chi connectivity index (χ1v) is 5.82. The molecule has 0 aliphatic rings. The van der Waals surface area contributed by atoms with Gasteiger partial charge in [0, 0.05) is 5.69 Å². The van der Waals surface area contributed by atoms with Crippen molar-refractivity contribution in [2.75, 3.05) is 12.8 Å². The van der Waals surface area contributed by atoms with Gasteiger partial charge < -0.3 is 15.2 Å². The number of esters is 1. The molecular formula is C15H15NO3. The molecule has 0 saturated carbocycles. The first kappa shape index (κ1) is 13.0. The second-order valence-corrected chi connectivity index (χ2v) is 4.16. The van der Waals surface area contributed by atoms with E-state index < -0.39 is 5.97 Å². The van der Waals surface area contributed by atoms with E-state index in [1.807, 2.05) is 31.2 Å². The molecule has 0 aliphatic carbocycles. The predicted octanol–water partition coefficient (Wildman–Crippen LogP) is 3.16. The summed E-state index contributed by atoms with van der Waals surface area (Å²) < 4.78 is 10.3. The van der Waals surface area contributed by atoms with Crippen molar-refractivity contribution in [2.45, 2.75) is 6.92 Å². The lowest BCUT2D eigenvalue weighted by atomic mass is 10.1. The summed E-state index contributed by atoms with van der Waals surface area (Å²) in [6.07, 6.45) is 0. The summed E-state index contributed by atoms with van der Waals surface area (Å²) in [5.41, 5.74) is 7.54. The molecular weight excluding hydrogens is 242 g/mol. The number of ether oxygens (including phenoxy) is 2. The Hall–Kier alpha value is -2.49. The third-order valence-electron chi connectivity index (χ3n) is 2.69. The molecule has 0 amide bonds. The summed E-state index contributed by atoms with van der Waals surface area (Å²) in [4.78, 5) is 11.5. The van der Waals surface area contributed by atoms with Crippen molar-refractivity contribution >= 4 is 11.7 Å². The Bertz CT molecular complexity index is 591. The molecule has 19 heavy (non-hydrogen) atoms. The van der Waals surface area contributed by atoms with Gasteiger partial charge in [0.05, 0.1) is 12.7 Å². The summed E-state index contributed by atoms with van der Waals surface area (Å²) in [6, 6.07) is 12.5. The number of rotatable bonds is 3. The zero-order valence-corrected chi connectivity index (χ0v) is 10.8. The molecule has 98 valence electrons. The average Bonchev–Trinajstić information content (AvgIpc) is 2.42. The Morgan fingerprint density at radius 1 is 1.05 bits per heavy atom. The summed E-state index contributed by atoms with van der Waals surface area (Å²) in [7, 11) is 1.31. The molecule has 0 atom stereocenters. The second-order valence-electron chi connectivity index (χ2n) is 4.16. The van der Waals surface area contributed by atoms with E-state index in [1.54, 1.807) is 18.2 Å². The van der Waals surface area contributed by atoms with Crippen LogP contribution in [0.4, 0.5) is 5.69 Å². The first-order valence-electron chi connectivity index (χ1n) is 5.82. The average molecular weight is 257 g/mol. The van der Waals surface area contributed by atoms with Gasteiger partial charge in [-0.05, 0) is 37.3 Å². The van der Waals surface area contributed by atoms with Gasteiger partial charge in [-0.15, -0.1) is 0 Å². The number of nitrogen functional groups attached to an aromatic ring is 1. The van der Waals surface area contributed by atoms with E-state index in [9.17, 15) is 4.79 Å². The number of carbonyl (C=O) groups excluding carboxylic acids is 1. The molecule has 2 aromatic carbocycles. The predicted molar refractivity (Wildman–Crippen MR) is 73.4 cm³/mol. The Balaban J connectivity index is 2.26. The van der Waals surface area contributed by atoms with E-state index in [0.717, 1.165) is 5.56 Å². The van der Waals surface area contributed by atoms with E-state index in [-0.39, 0.29) is 0 Å². The molecule has 0 saturated heterocycles. The van der Waals surface area contributed by atoms with Crippen LogP contribution in [0.1, 0.15) is 15.9 Å². The number of benzene rings is 2. The normalized spacial score (nSPS) is 10.0. The molecule has 0 aliphatic heterocycles. The number of carbonyl (C=O) groups is 1. The standard InChI is InChI=1S/C15H15NO3/c1-10-3-5-11(6-4-10)19-12-7-8-14(16)13(9-12)15(17)18-2/h3-9H,16H2,1-2H3. The van der Waals surface area contributed by atoms with Crippen LogP contribution in [-0.4, -0.2) is 13.1 Å². The Labute approximate surface area is 111 Å². The number of nitrogens with two attached hydrogens (primary N) is 1. The SMILES string of the molecule is COC(=O)c1cc(Oc2ccc(C)cc2)ccc1N. The lowest BCUT2D eigenvalue weighted by Gasteiger charge is -2.09. The van der Waals surface area contributed by atoms with E-state index in [0.29, 0.717) is 22.7 Å². The van der Waals surface area contributed by atoms with Crippen LogP contribution in [0, 0.1) is 6.92 Å². The fourth-order valence-electron chi connectivity index (χ4n) is 1.63. The monoisotopic (exact) mass is 257 g/mol. The van der Waals surface area contributed by atoms with Gasteiger partial charge in [-0.3, -0.25) is 0 Å². The fourth-order valence-corrected chi connectivity index (χ4v) is 1.63. The lowest BCUT2D eigenvalue weighted by molar-refractivity contribution is 0.0601. The molecule has 2 rings (SSSR count). The minimum Gasteiger partial charge on any atom is -0.465 e. The van der Waals surface area contributed by atoms with Crippen LogP contribution in [-0.2, 0) is 4.74 Å². The van der Waals surface area contributed by atoms with E-state index >= 15 is 0 Å². The van der Waals surface area contributed by atoms with Crippen LogP contribution in [0.3, 0.4) is 0 Å². The van der Waals surface area contributed by atoms with Crippen LogP contribution in [0.2, 0.25) is 0 Å². The van der Waals surface area contributed by atoms with Gasteiger partial charge in [-0.1, -0.05) is 17.7 Å². The summed E-state index contributed by atoms with van der Waals surface area (Å²) in [6.45, 7) is 2.00. The van der Waals surface area contributed by atoms with Crippen LogP contribution < -0.4 is 10.5 Å². The number of methoxy groups -OCH3 is 1. The van der Waals surface area contributed by atoms with E-state index in [2.05, 4.69) is 4.74 Å². The molecule has 0 bridgehead atoms. The minimum atomic E-state index is -0.480. The van der Waals surface area contributed by atoms with Crippen LogP contribution in [0.15, 0.2) is 42.5 Å². The maximum Gasteiger partial charge on any atom is 0.340 e. The van der Waals surface area contributed by atoms with Crippen molar-refractivity contribution in [1.29, 1.82) is 0 Å². The molecule has 0 radical (unpaired) electrons. The maximum atomic E-state index is 11.5.